The summed E-state index contributed by atoms with van der Waals surface area (Å²) in [7, 11) is 1.55. The van der Waals surface area contributed by atoms with Crippen LogP contribution in [0.2, 0.25) is 0 Å². The molecular formula is C8H17N3O2. The van der Waals surface area contributed by atoms with Crippen LogP contribution in [0.5, 0.6) is 0 Å². The summed E-state index contributed by atoms with van der Waals surface area (Å²) in [5.74, 6) is -0.161. The maximum Gasteiger partial charge on any atom is 0.329 e. The number of nitrogens with zero attached hydrogens (tertiary/aromatic N) is 2. The average molecular weight is 187 g/mol. The normalized spacial score (nSPS) is 11.2. The minimum atomic E-state index is -0.386. The Morgan fingerprint density at radius 3 is 2.62 bits per heavy atom. The fraction of sp³-hybridized carbons (Fsp3) is 0.750. The number of guanidine groups is 1. The first-order valence-corrected chi connectivity index (χ1v) is 4.30. The lowest BCUT2D eigenvalue weighted by Crippen LogP contribution is -2.39. The lowest BCUT2D eigenvalue weighted by molar-refractivity contribution is -0.170. The first-order chi connectivity index (χ1) is 6.11. The second kappa shape index (κ2) is 6.28. The molecule has 0 radical (unpaired) electrons. The fourth-order valence-electron chi connectivity index (χ4n) is 0.775. The van der Waals surface area contributed by atoms with Gasteiger partial charge in [0.15, 0.2) is 0 Å². The summed E-state index contributed by atoms with van der Waals surface area (Å²) in [5, 5.41) is 1.31. The topological polar surface area (TPSA) is 67.9 Å². The molecule has 0 aliphatic rings. The number of carbonyl (C=O) groups is 1. The van der Waals surface area contributed by atoms with Crippen LogP contribution in [0.3, 0.4) is 0 Å². The van der Waals surface area contributed by atoms with Crippen LogP contribution in [0.25, 0.3) is 0 Å². The molecule has 0 spiro atoms. The van der Waals surface area contributed by atoms with E-state index < -0.39 is 0 Å². The molecule has 0 aliphatic heterocycles. The molecule has 13 heavy (non-hydrogen) atoms. The van der Waals surface area contributed by atoms with Gasteiger partial charge in [0.1, 0.15) is 0 Å². The van der Waals surface area contributed by atoms with Crippen molar-refractivity contribution in [1.29, 1.82) is 0 Å². The van der Waals surface area contributed by atoms with Crippen molar-refractivity contribution in [2.45, 2.75) is 26.7 Å². The van der Waals surface area contributed by atoms with Crippen molar-refractivity contribution in [3.8, 4) is 0 Å². The van der Waals surface area contributed by atoms with Gasteiger partial charge in [0, 0.05) is 14.0 Å². The van der Waals surface area contributed by atoms with Gasteiger partial charge in [-0.15, -0.1) is 0 Å². The van der Waals surface area contributed by atoms with Gasteiger partial charge in [-0.2, -0.15) is 5.06 Å². The molecule has 0 bridgehead atoms. The number of hydrogen-bond donors (Lipinski definition) is 1. The van der Waals surface area contributed by atoms with Crippen LogP contribution >= 0.6 is 0 Å². The van der Waals surface area contributed by atoms with E-state index in [1.165, 1.54) is 12.0 Å². The Kier molecular flexibility index (Phi) is 5.67. The zero-order valence-corrected chi connectivity index (χ0v) is 8.41. The maximum absolute atomic E-state index is 10.7. The van der Waals surface area contributed by atoms with E-state index in [0.717, 1.165) is 12.8 Å². The number of unbranched alkanes of at least 4 members (excludes halogenated alkanes) is 1. The number of carbonyl (C=O) groups excluding carboxylic acids is 1. The van der Waals surface area contributed by atoms with Gasteiger partial charge in [0.25, 0.3) is 0 Å². The predicted molar refractivity (Wildman–Crippen MR) is 50.9 cm³/mol. The summed E-state index contributed by atoms with van der Waals surface area (Å²) >= 11 is 0. The quantitative estimate of drug-likeness (QED) is 0.397. The van der Waals surface area contributed by atoms with Gasteiger partial charge in [-0.05, 0) is 6.42 Å². The van der Waals surface area contributed by atoms with E-state index in [9.17, 15) is 4.79 Å². The number of hydroxylamine groups is 2. The Bertz CT molecular complexity index is 192. The summed E-state index contributed by atoms with van der Waals surface area (Å²) in [6.45, 7) is 3.96. The number of hydrogen-bond acceptors (Lipinski definition) is 3. The van der Waals surface area contributed by atoms with Crippen LogP contribution in [0.1, 0.15) is 26.7 Å². The molecule has 5 heteroatoms. The molecule has 0 aromatic carbocycles. The van der Waals surface area contributed by atoms with Gasteiger partial charge in [-0.3, -0.25) is 9.79 Å². The van der Waals surface area contributed by atoms with Gasteiger partial charge in [-0.1, -0.05) is 13.3 Å². The minimum absolute atomic E-state index is 0.226. The molecule has 2 N–H and O–H groups in total. The van der Waals surface area contributed by atoms with Crippen LogP contribution in [0.15, 0.2) is 4.99 Å². The highest BCUT2D eigenvalue weighted by molar-refractivity contribution is 5.78. The molecule has 0 unspecified atom stereocenters. The average Bonchev–Trinajstić information content (AvgIpc) is 2.10. The first kappa shape index (κ1) is 11.7. The van der Waals surface area contributed by atoms with Crippen LogP contribution in [-0.4, -0.2) is 30.6 Å². The molecule has 0 amide bonds. The Morgan fingerprint density at radius 2 is 2.23 bits per heavy atom. The molecule has 0 heterocycles. The molecule has 76 valence electrons. The van der Waals surface area contributed by atoms with Crippen molar-refractivity contribution < 1.29 is 9.63 Å². The Labute approximate surface area is 78.5 Å². The van der Waals surface area contributed by atoms with Crippen LogP contribution in [-0.2, 0) is 9.63 Å². The Balaban J connectivity index is 4.10. The van der Waals surface area contributed by atoms with Crippen molar-refractivity contribution in [2.75, 3.05) is 13.6 Å². The number of rotatable bonds is 3. The number of aliphatic imine (C=N–C) groups is 1. The van der Waals surface area contributed by atoms with Gasteiger partial charge >= 0.3 is 5.97 Å². The van der Waals surface area contributed by atoms with E-state index in [4.69, 9.17) is 10.6 Å². The third-order valence-corrected chi connectivity index (χ3v) is 1.44. The summed E-state index contributed by atoms with van der Waals surface area (Å²) in [6, 6.07) is 0. The minimum Gasteiger partial charge on any atom is -0.367 e. The van der Waals surface area contributed by atoms with Crippen molar-refractivity contribution in [2.24, 2.45) is 10.7 Å². The fourth-order valence-corrected chi connectivity index (χ4v) is 0.775. The SMILES string of the molecule is CCCCN(OC(C)=O)C(N)=NC. The largest absolute Gasteiger partial charge is 0.367 e. The lowest BCUT2D eigenvalue weighted by Gasteiger charge is -2.20. The standard InChI is InChI=1S/C8H17N3O2/c1-4-5-6-11(8(9)10-3)13-7(2)12/h4-6H2,1-3H3,(H2,9,10). The van der Waals surface area contributed by atoms with E-state index in [0.29, 0.717) is 6.54 Å². The van der Waals surface area contributed by atoms with Crippen molar-refractivity contribution >= 4 is 11.9 Å². The Morgan fingerprint density at radius 1 is 1.62 bits per heavy atom. The second-order valence-electron chi connectivity index (χ2n) is 2.62. The predicted octanol–water partition coefficient (Wildman–Crippen LogP) is 0.511. The van der Waals surface area contributed by atoms with Gasteiger partial charge < -0.3 is 10.6 Å². The van der Waals surface area contributed by atoms with Gasteiger partial charge in [0.2, 0.25) is 5.96 Å². The monoisotopic (exact) mass is 187 g/mol. The zero-order chi connectivity index (χ0) is 10.3. The van der Waals surface area contributed by atoms with Gasteiger partial charge in [-0.25, -0.2) is 0 Å². The van der Waals surface area contributed by atoms with Crippen molar-refractivity contribution in [1.82, 2.24) is 5.06 Å². The van der Waals surface area contributed by atoms with E-state index in [1.54, 1.807) is 7.05 Å². The number of nitrogens with two attached hydrogens (primary N) is 1. The molecule has 0 saturated heterocycles. The third-order valence-electron chi connectivity index (χ3n) is 1.44. The molecule has 0 aliphatic carbocycles. The van der Waals surface area contributed by atoms with E-state index in [1.807, 2.05) is 6.92 Å². The molecule has 5 nitrogen and oxygen atoms in total. The highest BCUT2D eigenvalue weighted by atomic mass is 16.7. The molecule has 0 fully saturated rings. The summed E-state index contributed by atoms with van der Waals surface area (Å²) in [6.07, 6.45) is 1.91. The third kappa shape index (κ3) is 5.05. The van der Waals surface area contributed by atoms with E-state index in [-0.39, 0.29) is 11.9 Å². The second-order valence-corrected chi connectivity index (χ2v) is 2.62. The lowest BCUT2D eigenvalue weighted by atomic mass is 10.3. The van der Waals surface area contributed by atoms with Crippen LogP contribution in [0, 0.1) is 0 Å². The highest BCUT2D eigenvalue weighted by Crippen LogP contribution is 1.96. The van der Waals surface area contributed by atoms with Crippen molar-refractivity contribution in [3.63, 3.8) is 0 Å². The summed E-state index contributed by atoms with van der Waals surface area (Å²) in [4.78, 5) is 19.2. The smallest absolute Gasteiger partial charge is 0.329 e. The molecule has 0 aromatic heterocycles. The molecule has 0 rings (SSSR count). The van der Waals surface area contributed by atoms with E-state index >= 15 is 0 Å². The molecule has 0 saturated carbocycles. The van der Waals surface area contributed by atoms with Crippen molar-refractivity contribution in [3.05, 3.63) is 0 Å². The van der Waals surface area contributed by atoms with Gasteiger partial charge in [0.05, 0.1) is 6.54 Å². The highest BCUT2D eigenvalue weighted by Gasteiger charge is 2.09. The van der Waals surface area contributed by atoms with Crippen LogP contribution in [0.4, 0.5) is 0 Å². The summed E-state index contributed by atoms with van der Waals surface area (Å²) < 4.78 is 0. The Hall–Kier alpha value is -1.26. The zero-order valence-electron chi connectivity index (χ0n) is 8.41. The van der Waals surface area contributed by atoms with E-state index in [2.05, 4.69) is 4.99 Å². The molecule has 0 aromatic rings. The summed E-state index contributed by atoms with van der Waals surface area (Å²) in [5.41, 5.74) is 5.50. The first-order valence-electron chi connectivity index (χ1n) is 4.30. The maximum atomic E-state index is 10.7. The molecule has 0 atom stereocenters. The molecular weight excluding hydrogens is 170 g/mol. The van der Waals surface area contributed by atoms with Crippen LogP contribution < -0.4 is 5.73 Å².